The molecule has 0 spiro atoms. The number of aliphatic imine (C=N–C) groups is 1. The molecule has 1 rings (SSSR count). The Morgan fingerprint density at radius 1 is 1.44 bits per heavy atom. The van der Waals surface area contributed by atoms with E-state index in [2.05, 4.69) is 36.5 Å². The highest BCUT2D eigenvalue weighted by Gasteiger charge is 2.45. The van der Waals surface area contributed by atoms with E-state index < -0.39 is 0 Å². The Labute approximate surface area is 99.1 Å². The van der Waals surface area contributed by atoms with E-state index in [-0.39, 0.29) is 0 Å². The van der Waals surface area contributed by atoms with Crippen molar-refractivity contribution in [3.63, 3.8) is 0 Å². The van der Waals surface area contributed by atoms with E-state index in [1.54, 1.807) is 0 Å². The zero-order valence-electron chi connectivity index (χ0n) is 10.8. The Morgan fingerprint density at radius 3 is 2.56 bits per heavy atom. The SMILES string of the molecule is CCCCNC(=NCC1(C(C)C)CC1)NN. The van der Waals surface area contributed by atoms with Crippen LogP contribution in [0.15, 0.2) is 4.99 Å². The number of nitrogens with zero attached hydrogens (tertiary/aromatic N) is 1. The second-order valence-electron chi connectivity index (χ2n) is 5.11. The van der Waals surface area contributed by atoms with Gasteiger partial charge >= 0.3 is 0 Å². The summed E-state index contributed by atoms with van der Waals surface area (Å²) in [6, 6.07) is 0. The largest absolute Gasteiger partial charge is 0.355 e. The van der Waals surface area contributed by atoms with Crippen molar-refractivity contribution < 1.29 is 0 Å². The van der Waals surface area contributed by atoms with E-state index in [1.165, 1.54) is 19.3 Å². The smallest absolute Gasteiger partial charge is 0.205 e. The summed E-state index contributed by atoms with van der Waals surface area (Å²) in [4.78, 5) is 4.54. The van der Waals surface area contributed by atoms with Crippen molar-refractivity contribution in [2.75, 3.05) is 13.1 Å². The van der Waals surface area contributed by atoms with Crippen LogP contribution in [0.1, 0.15) is 46.5 Å². The highest BCUT2D eigenvalue weighted by molar-refractivity contribution is 5.79. The Balaban J connectivity index is 2.35. The van der Waals surface area contributed by atoms with E-state index in [1.807, 2.05) is 0 Å². The van der Waals surface area contributed by atoms with Crippen LogP contribution in [0.25, 0.3) is 0 Å². The predicted molar refractivity (Wildman–Crippen MR) is 69.0 cm³/mol. The van der Waals surface area contributed by atoms with Crippen molar-refractivity contribution in [1.82, 2.24) is 10.7 Å². The molecular weight excluding hydrogens is 200 g/mol. The summed E-state index contributed by atoms with van der Waals surface area (Å²) >= 11 is 0. The fourth-order valence-corrected chi connectivity index (χ4v) is 1.85. The summed E-state index contributed by atoms with van der Waals surface area (Å²) in [5, 5.41) is 3.22. The average Bonchev–Trinajstić information content (AvgIpc) is 3.04. The molecule has 0 radical (unpaired) electrons. The molecule has 1 aliphatic carbocycles. The summed E-state index contributed by atoms with van der Waals surface area (Å²) < 4.78 is 0. The second kappa shape index (κ2) is 6.09. The Kier molecular flexibility index (Phi) is 5.06. The number of guanidine groups is 1. The number of nitrogens with two attached hydrogens (primary N) is 1. The first-order valence-corrected chi connectivity index (χ1v) is 6.39. The molecule has 0 saturated heterocycles. The zero-order valence-corrected chi connectivity index (χ0v) is 10.8. The summed E-state index contributed by atoms with van der Waals surface area (Å²) in [5.74, 6) is 6.89. The van der Waals surface area contributed by atoms with Crippen LogP contribution < -0.4 is 16.6 Å². The maximum absolute atomic E-state index is 5.44. The van der Waals surface area contributed by atoms with E-state index in [9.17, 15) is 0 Å². The lowest BCUT2D eigenvalue weighted by Crippen LogP contribution is -2.42. The van der Waals surface area contributed by atoms with Gasteiger partial charge in [0, 0.05) is 13.1 Å². The lowest BCUT2D eigenvalue weighted by atomic mass is 9.93. The minimum atomic E-state index is 0.453. The quantitative estimate of drug-likeness (QED) is 0.212. The van der Waals surface area contributed by atoms with Crippen LogP contribution in [-0.2, 0) is 0 Å². The van der Waals surface area contributed by atoms with Crippen LogP contribution in [0.4, 0.5) is 0 Å². The van der Waals surface area contributed by atoms with Crippen LogP contribution in [0.3, 0.4) is 0 Å². The lowest BCUT2D eigenvalue weighted by Gasteiger charge is -2.17. The van der Waals surface area contributed by atoms with Crippen LogP contribution in [0.5, 0.6) is 0 Å². The molecule has 1 fully saturated rings. The fraction of sp³-hybridized carbons (Fsp3) is 0.917. The normalized spacial score (nSPS) is 18.7. The van der Waals surface area contributed by atoms with Gasteiger partial charge in [-0.25, -0.2) is 5.84 Å². The van der Waals surface area contributed by atoms with E-state index >= 15 is 0 Å². The summed E-state index contributed by atoms with van der Waals surface area (Å²) in [5.41, 5.74) is 3.09. The summed E-state index contributed by atoms with van der Waals surface area (Å²) in [7, 11) is 0. The fourth-order valence-electron chi connectivity index (χ4n) is 1.85. The van der Waals surface area contributed by atoms with Gasteiger partial charge in [0.1, 0.15) is 0 Å². The monoisotopic (exact) mass is 226 g/mol. The highest BCUT2D eigenvalue weighted by Crippen LogP contribution is 2.51. The van der Waals surface area contributed by atoms with Gasteiger partial charge in [0.25, 0.3) is 0 Å². The van der Waals surface area contributed by atoms with Gasteiger partial charge in [-0.2, -0.15) is 0 Å². The minimum absolute atomic E-state index is 0.453. The van der Waals surface area contributed by atoms with E-state index in [0.717, 1.165) is 25.5 Å². The van der Waals surface area contributed by atoms with Crippen molar-refractivity contribution in [2.24, 2.45) is 22.2 Å². The molecule has 16 heavy (non-hydrogen) atoms. The molecule has 4 nitrogen and oxygen atoms in total. The maximum Gasteiger partial charge on any atom is 0.205 e. The predicted octanol–water partition coefficient (Wildman–Crippen LogP) is 1.63. The molecule has 0 unspecified atom stereocenters. The molecule has 0 aliphatic heterocycles. The van der Waals surface area contributed by atoms with Gasteiger partial charge in [-0.3, -0.25) is 10.4 Å². The van der Waals surface area contributed by atoms with Gasteiger partial charge in [0.05, 0.1) is 0 Å². The van der Waals surface area contributed by atoms with Crippen molar-refractivity contribution in [3.05, 3.63) is 0 Å². The molecule has 0 aromatic rings. The second-order valence-corrected chi connectivity index (χ2v) is 5.11. The standard InChI is InChI=1S/C12H26N4/c1-4-5-8-14-11(16-13)15-9-12(6-7-12)10(2)3/h10H,4-9,13H2,1-3H3,(H2,14,15,16). The molecule has 0 aromatic heterocycles. The first-order valence-electron chi connectivity index (χ1n) is 6.39. The minimum Gasteiger partial charge on any atom is -0.355 e. The Bertz CT molecular complexity index is 231. The third-order valence-corrected chi connectivity index (χ3v) is 3.63. The van der Waals surface area contributed by atoms with E-state index in [4.69, 9.17) is 5.84 Å². The molecule has 0 amide bonds. The molecule has 1 aliphatic rings. The third kappa shape index (κ3) is 3.67. The number of hydrogen-bond acceptors (Lipinski definition) is 2. The molecule has 4 heteroatoms. The van der Waals surface area contributed by atoms with Crippen LogP contribution in [0, 0.1) is 11.3 Å². The lowest BCUT2D eigenvalue weighted by molar-refractivity contribution is 0.370. The van der Waals surface area contributed by atoms with Gasteiger partial charge in [-0.05, 0) is 30.6 Å². The molecule has 4 N–H and O–H groups in total. The van der Waals surface area contributed by atoms with Gasteiger partial charge in [0.15, 0.2) is 0 Å². The molecule has 0 heterocycles. The van der Waals surface area contributed by atoms with Gasteiger partial charge < -0.3 is 5.32 Å². The summed E-state index contributed by atoms with van der Waals surface area (Å²) in [6.07, 6.45) is 4.94. The Hall–Kier alpha value is -0.770. The van der Waals surface area contributed by atoms with Crippen LogP contribution >= 0.6 is 0 Å². The number of hydrazine groups is 1. The summed E-state index contributed by atoms with van der Waals surface area (Å²) in [6.45, 7) is 8.56. The first-order chi connectivity index (χ1) is 7.64. The molecule has 1 saturated carbocycles. The van der Waals surface area contributed by atoms with Crippen molar-refractivity contribution in [3.8, 4) is 0 Å². The number of unbranched alkanes of at least 4 members (excludes halogenated alkanes) is 1. The molecule has 0 atom stereocenters. The third-order valence-electron chi connectivity index (χ3n) is 3.63. The molecule has 94 valence electrons. The zero-order chi connectivity index (χ0) is 12.0. The first kappa shape index (κ1) is 13.3. The number of nitrogens with one attached hydrogen (secondary N) is 2. The maximum atomic E-state index is 5.44. The molecule has 0 aromatic carbocycles. The van der Waals surface area contributed by atoms with Crippen molar-refractivity contribution >= 4 is 5.96 Å². The van der Waals surface area contributed by atoms with Gasteiger partial charge in [-0.15, -0.1) is 0 Å². The van der Waals surface area contributed by atoms with Crippen LogP contribution in [0.2, 0.25) is 0 Å². The van der Waals surface area contributed by atoms with Crippen molar-refractivity contribution in [2.45, 2.75) is 46.5 Å². The number of hydrogen-bond donors (Lipinski definition) is 3. The topological polar surface area (TPSA) is 62.4 Å². The van der Waals surface area contributed by atoms with Crippen molar-refractivity contribution in [1.29, 1.82) is 0 Å². The van der Waals surface area contributed by atoms with Gasteiger partial charge in [-0.1, -0.05) is 27.2 Å². The van der Waals surface area contributed by atoms with Crippen LogP contribution in [-0.4, -0.2) is 19.0 Å². The molecular formula is C12H26N4. The van der Waals surface area contributed by atoms with E-state index in [0.29, 0.717) is 11.3 Å². The average molecular weight is 226 g/mol. The Morgan fingerprint density at radius 2 is 2.12 bits per heavy atom. The van der Waals surface area contributed by atoms with Gasteiger partial charge in [0.2, 0.25) is 5.96 Å². The molecule has 0 bridgehead atoms. The highest BCUT2D eigenvalue weighted by atomic mass is 15.3. The number of rotatable bonds is 6.